The van der Waals surface area contributed by atoms with Gasteiger partial charge in [0.2, 0.25) is 0 Å². The van der Waals surface area contributed by atoms with Crippen LogP contribution in [0.15, 0.2) is 0 Å². The van der Waals surface area contributed by atoms with Crippen molar-refractivity contribution in [1.29, 1.82) is 0 Å². The molecule has 0 rings (SSSR count). The second kappa shape index (κ2) is 8.01. The van der Waals surface area contributed by atoms with Gasteiger partial charge in [0, 0.05) is 5.78 Å². The van der Waals surface area contributed by atoms with E-state index in [1.807, 2.05) is 0 Å². The number of hydrogen-bond acceptors (Lipinski definition) is 1. The molecule has 2 heteroatoms. The van der Waals surface area contributed by atoms with Gasteiger partial charge in [-0.3, -0.25) is 0 Å². The van der Waals surface area contributed by atoms with Gasteiger partial charge in [-0.05, 0) is 18.5 Å². The normalized spacial score (nSPS) is 17.0. The summed E-state index contributed by atoms with van der Waals surface area (Å²) in [5, 5.41) is 0. The van der Waals surface area contributed by atoms with Crippen LogP contribution in [0, 0.1) is 5.92 Å². The molecule has 0 aliphatic rings. The molecule has 2 N–H and O–H groups in total. The third-order valence-corrected chi connectivity index (χ3v) is 4.05. The summed E-state index contributed by atoms with van der Waals surface area (Å²) in [4.78, 5) is 0. The molecular formula is C10H24NP. The third-order valence-electron chi connectivity index (χ3n) is 2.32. The first-order valence-electron chi connectivity index (χ1n) is 5.25. The average molecular weight is 189 g/mol. The van der Waals surface area contributed by atoms with E-state index in [-0.39, 0.29) is 0 Å². The highest BCUT2D eigenvalue weighted by molar-refractivity contribution is 7.38. The maximum atomic E-state index is 6.11. The Hall–Kier alpha value is 0.390. The minimum Gasteiger partial charge on any atom is -0.324 e. The van der Waals surface area contributed by atoms with Gasteiger partial charge in [-0.15, -0.1) is 8.58 Å². The Morgan fingerprint density at radius 3 is 2.25 bits per heavy atom. The van der Waals surface area contributed by atoms with Crippen LogP contribution in [0.5, 0.6) is 0 Å². The van der Waals surface area contributed by atoms with Crippen molar-refractivity contribution in [2.75, 3.05) is 6.16 Å². The quantitative estimate of drug-likeness (QED) is 0.611. The lowest BCUT2D eigenvalue weighted by molar-refractivity contribution is 0.450. The molecule has 0 aliphatic heterocycles. The molecule has 0 aromatic heterocycles. The van der Waals surface area contributed by atoms with Crippen molar-refractivity contribution in [3.63, 3.8) is 0 Å². The summed E-state index contributed by atoms with van der Waals surface area (Å²) in [6.45, 7) is 6.75. The summed E-state index contributed by atoms with van der Waals surface area (Å²) in [7, 11) is 0.981. The summed E-state index contributed by atoms with van der Waals surface area (Å²) >= 11 is 0. The fourth-order valence-corrected chi connectivity index (χ4v) is 2.84. The smallest absolute Gasteiger partial charge is 0.0242 e. The van der Waals surface area contributed by atoms with Gasteiger partial charge in [0.1, 0.15) is 0 Å². The van der Waals surface area contributed by atoms with Crippen LogP contribution >= 0.6 is 8.58 Å². The van der Waals surface area contributed by atoms with E-state index in [2.05, 4.69) is 20.8 Å². The molecule has 0 bridgehead atoms. The van der Waals surface area contributed by atoms with Crippen molar-refractivity contribution in [1.82, 2.24) is 0 Å². The zero-order valence-electron chi connectivity index (χ0n) is 8.77. The maximum Gasteiger partial charge on any atom is 0.0242 e. The van der Waals surface area contributed by atoms with Crippen LogP contribution in [-0.2, 0) is 0 Å². The zero-order chi connectivity index (χ0) is 9.40. The van der Waals surface area contributed by atoms with Crippen LogP contribution in [0.25, 0.3) is 0 Å². The van der Waals surface area contributed by atoms with E-state index >= 15 is 0 Å². The van der Waals surface area contributed by atoms with Gasteiger partial charge in [-0.25, -0.2) is 0 Å². The fraction of sp³-hybridized carbons (Fsp3) is 1.00. The number of nitrogens with two attached hydrogens (primary N) is 1. The molecule has 0 aliphatic carbocycles. The average Bonchev–Trinajstić information content (AvgIpc) is 2.10. The predicted molar refractivity (Wildman–Crippen MR) is 60.1 cm³/mol. The van der Waals surface area contributed by atoms with Crippen LogP contribution in [0.1, 0.15) is 46.5 Å². The third kappa shape index (κ3) is 5.11. The van der Waals surface area contributed by atoms with Gasteiger partial charge in [-0.2, -0.15) is 0 Å². The van der Waals surface area contributed by atoms with E-state index < -0.39 is 0 Å². The zero-order valence-corrected chi connectivity index (χ0v) is 9.77. The van der Waals surface area contributed by atoms with Gasteiger partial charge in [-0.1, -0.05) is 40.0 Å². The van der Waals surface area contributed by atoms with E-state index in [1.54, 1.807) is 0 Å². The molecule has 0 radical (unpaired) electrons. The van der Waals surface area contributed by atoms with E-state index in [9.17, 15) is 0 Å². The second-order valence-corrected chi connectivity index (χ2v) is 5.01. The SMILES string of the molecule is CCCP[C@H](N)C(CC)CCC. The Bertz CT molecular complexity index is 95.8. The Morgan fingerprint density at radius 2 is 1.83 bits per heavy atom. The minimum atomic E-state index is 0.481. The Morgan fingerprint density at radius 1 is 1.17 bits per heavy atom. The molecule has 0 amide bonds. The highest BCUT2D eigenvalue weighted by Gasteiger charge is 2.13. The fourth-order valence-electron chi connectivity index (χ4n) is 1.49. The first-order valence-corrected chi connectivity index (χ1v) is 6.53. The highest BCUT2D eigenvalue weighted by atomic mass is 31.1. The first-order chi connectivity index (χ1) is 5.76. The Kier molecular flexibility index (Phi) is 8.27. The molecule has 0 saturated heterocycles. The van der Waals surface area contributed by atoms with E-state index in [0.29, 0.717) is 5.78 Å². The summed E-state index contributed by atoms with van der Waals surface area (Å²) in [6, 6.07) is 0. The summed E-state index contributed by atoms with van der Waals surface area (Å²) < 4.78 is 0. The molecule has 74 valence electrons. The molecule has 3 atom stereocenters. The molecule has 2 unspecified atom stereocenters. The molecule has 0 aromatic rings. The topological polar surface area (TPSA) is 26.0 Å². The number of rotatable bonds is 7. The van der Waals surface area contributed by atoms with Crippen LogP contribution in [0.3, 0.4) is 0 Å². The Labute approximate surface area is 79.3 Å². The summed E-state index contributed by atoms with van der Waals surface area (Å²) in [5.74, 6) is 1.26. The lowest BCUT2D eigenvalue weighted by Crippen LogP contribution is -2.25. The van der Waals surface area contributed by atoms with Gasteiger partial charge in [0.25, 0.3) is 0 Å². The lowest BCUT2D eigenvalue weighted by Gasteiger charge is -2.21. The molecule has 1 nitrogen and oxygen atoms in total. The van der Waals surface area contributed by atoms with Crippen LogP contribution in [0.4, 0.5) is 0 Å². The molecule has 12 heavy (non-hydrogen) atoms. The van der Waals surface area contributed by atoms with Gasteiger partial charge in [0.05, 0.1) is 0 Å². The first kappa shape index (κ1) is 12.4. The van der Waals surface area contributed by atoms with E-state index in [1.165, 1.54) is 31.8 Å². The molecule has 0 spiro atoms. The van der Waals surface area contributed by atoms with Crippen molar-refractivity contribution >= 4 is 8.58 Å². The van der Waals surface area contributed by atoms with Crippen molar-refractivity contribution in [3.05, 3.63) is 0 Å². The summed E-state index contributed by atoms with van der Waals surface area (Å²) in [5.41, 5.74) is 6.11. The molecule has 0 heterocycles. The molecular weight excluding hydrogens is 165 g/mol. The van der Waals surface area contributed by atoms with Gasteiger partial charge < -0.3 is 5.73 Å². The molecule has 0 fully saturated rings. The van der Waals surface area contributed by atoms with Crippen LogP contribution < -0.4 is 5.73 Å². The second-order valence-electron chi connectivity index (χ2n) is 3.44. The molecule has 0 saturated carbocycles. The Balaban J connectivity index is 3.60. The monoisotopic (exact) mass is 189 g/mol. The van der Waals surface area contributed by atoms with Gasteiger partial charge in [0.15, 0.2) is 0 Å². The van der Waals surface area contributed by atoms with Crippen LogP contribution in [0.2, 0.25) is 0 Å². The summed E-state index contributed by atoms with van der Waals surface area (Å²) in [6.07, 6.45) is 6.46. The largest absolute Gasteiger partial charge is 0.324 e. The van der Waals surface area contributed by atoms with Crippen molar-refractivity contribution < 1.29 is 0 Å². The highest BCUT2D eigenvalue weighted by Crippen LogP contribution is 2.27. The van der Waals surface area contributed by atoms with Crippen molar-refractivity contribution in [3.8, 4) is 0 Å². The van der Waals surface area contributed by atoms with Crippen molar-refractivity contribution in [2.24, 2.45) is 11.7 Å². The predicted octanol–water partition coefficient (Wildman–Crippen LogP) is 3.19. The standard InChI is InChI=1S/C10H24NP/c1-4-7-9(6-3)10(11)12-8-5-2/h9-10,12H,4-8,11H2,1-3H3/t9?,10-/m0/s1. The van der Waals surface area contributed by atoms with Crippen molar-refractivity contribution in [2.45, 2.75) is 52.2 Å². The maximum absolute atomic E-state index is 6.11. The van der Waals surface area contributed by atoms with Gasteiger partial charge >= 0.3 is 0 Å². The van der Waals surface area contributed by atoms with Crippen LogP contribution in [-0.4, -0.2) is 11.9 Å². The van der Waals surface area contributed by atoms with E-state index in [4.69, 9.17) is 5.73 Å². The number of hydrogen-bond donors (Lipinski definition) is 1. The molecule has 0 aromatic carbocycles. The minimum absolute atomic E-state index is 0.481. The lowest BCUT2D eigenvalue weighted by atomic mass is 10.0. The van der Waals surface area contributed by atoms with E-state index in [0.717, 1.165) is 14.5 Å².